The van der Waals surface area contributed by atoms with Gasteiger partial charge in [-0.3, -0.25) is 0 Å². The van der Waals surface area contributed by atoms with Gasteiger partial charge in [-0.2, -0.15) is 0 Å². The van der Waals surface area contributed by atoms with E-state index < -0.39 is 0 Å². The molecule has 1 aromatic heterocycles. The van der Waals surface area contributed by atoms with Gasteiger partial charge in [-0.25, -0.2) is 4.98 Å². The molecule has 1 heterocycles. The van der Waals surface area contributed by atoms with Crippen LogP contribution in [-0.4, -0.2) is 18.1 Å². The Bertz CT molecular complexity index is 508. The van der Waals surface area contributed by atoms with Gasteiger partial charge in [0, 0.05) is 30.6 Å². The number of nitrogens with one attached hydrogen (secondary N) is 1. The predicted octanol–water partition coefficient (Wildman–Crippen LogP) is 2.29. The van der Waals surface area contributed by atoms with Crippen molar-refractivity contribution in [1.29, 1.82) is 0 Å². The minimum atomic E-state index is 0.620. The first kappa shape index (κ1) is 14.2. The average Bonchev–Trinajstić information content (AvgIpc) is 2.84. The van der Waals surface area contributed by atoms with E-state index in [1.54, 1.807) is 11.3 Å². The van der Waals surface area contributed by atoms with E-state index in [2.05, 4.69) is 33.9 Å². The molecule has 0 aliphatic heterocycles. The zero-order valence-electron chi connectivity index (χ0n) is 11.4. The number of nitrogens with zero attached hydrogens (tertiary/aromatic N) is 1. The van der Waals surface area contributed by atoms with Crippen molar-refractivity contribution in [3.8, 4) is 0 Å². The smallest absolute Gasteiger partial charge is 0.0940 e. The van der Waals surface area contributed by atoms with Crippen LogP contribution in [0.4, 0.5) is 0 Å². The fourth-order valence-electron chi connectivity index (χ4n) is 2.06. The lowest BCUT2D eigenvalue weighted by Crippen LogP contribution is -2.20. The van der Waals surface area contributed by atoms with Gasteiger partial charge in [0.15, 0.2) is 0 Å². The summed E-state index contributed by atoms with van der Waals surface area (Å²) in [5.41, 5.74) is 9.45. The van der Waals surface area contributed by atoms with Crippen LogP contribution >= 0.6 is 11.3 Å². The van der Waals surface area contributed by atoms with Gasteiger partial charge < -0.3 is 11.1 Å². The van der Waals surface area contributed by atoms with Crippen LogP contribution in [0.25, 0.3) is 0 Å². The second-order valence-electron chi connectivity index (χ2n) is 4.61. The predicted molar refractivity (Wildman–Crippen MR) is 81.5 cm³/mol. The molecule has 0 amide bonds. The first-order chi connectivity index (χ1) is 9.29. The van der Waals surface area contributed by atoms with E-state index in [4.69, 9.17) is 5.73 Å². The Morgan fingerprint density at radius 3 is 2.58 bits per heavy atom. The van der Waals surface area contributed by atoms with Crippen LogP contribution in [0, 0.1) is 6.92 Å². The lowest BCUT2D eigenvalue weighted by atomic mass is 10.0. The van der Waals surface area contributed by atoms with Gasteiger partial charge in [0.1, 0.15) is 0 Å². The standard InChI is InChI=1S/C15H21N3S/c1-12-11-19-15(18-12)7-9-17-8-6-13-4-2-3-5-14(13)10-16/h2-5,11,17H,6-10,16H2,1H3. The molecule has 0 saturated heterocycles. The second-order valence-corrected chi connectivity index (χ2v) is 5.55. The first-order valence-corrected chi connectivity index (χ1v) is 7.56. The number of hydrogen-bond acceptors (Lipinski definition) is 4. The van der Waals surface area contributed by atoms with Crippen molar-refractivity contribution in [2.75, 3.05) is 13.1 Å². The summed E-state index contributed by atoms with van der Waals surface area (Å²) in [6, 6.07) is 8.39. The second kappa shape index (κ2) is 7.38. The van der Waals surface area contributed by atoms with Crippen molar-refractivity contribution in [1.82, 2.24) is 10.3 Å². The Hall–Kier alpha value is -1.23. The number of rotatable bonds is 7. The van der Waals surface area contributed by atoms with Gasteiger partial charge in [-0.1, -0.05) is 24.3 Å². The Balaban J connectivity index is 1.69. The van der Waals surface area contributed by atoms with E-state index in [0.29, 0.717) is 6.54 Å². The van der Waals surface area contributed by atoms with Crippen LogP contribution in [-0.2, 0) is 19.4 Å². The Labute approximate surface area is 118 Å². The van der Waals surface area contributed by atoms with Gasteiger partial charge in [0.25, 0.3) is 0 Å². The van der Waals surface area contributed by atoms with E-state index in [9.17, 15) is 0 Å². The third kappa shape index (κ3) is 4.42. The lowest BCUT2D eigenvalue weighted by Gasteiger charge is -2.08. The summed E-state index contributed by atoms with van der Waals surface area (Å²) in [7, 11) is 0. The van der Waals surface area contributed by atoms with Crippen LogP contribution in [0.2, 0.25) is 0 Å². The normalized spacial score (nSPS) is 10.8. The molecule has 0 unspecified atom stereocenters. The molecule has 0 fully saturated rings. The number of nitrogens with two attached hydrogens (primary N) is 1. The molecule has 2 rings (SSSR count). The van der Waals surface area contributed by atoms with Gasteiger partial charge in [0.2, 0.25) is 0 Å². The molecule has 0 saturated carbocycles. The molecule has 0 spiro atoms. The fraction of sp³-hybridized carbons (Fsp3) is 0.400. The molecule has 102 valence electrons. The highest BCUT2D eigenvalue weighted by Crippen LogP contribution is 2.09. The van der Waals surface area contributed by atoms with E-state index in [1.165, 1.54) is 16.1 Å². The summed E-state index contributed by atoms with van der Waals surface area (Å²) in [4.78, 5) is 4.46. The molecule has 0 aliphatic carbocycles. The SMILES string of the molecule is Cc1csc(CCNCCc2ccccc2CN)n1. The van der Waals surface area contributed by atoms with Crippen molar-refractivity contribution in [3.05, 3.63) is 51.5 Å². The maximum absolute atomic E-state index is 5.73. The summed E-state index contributed by atoms with van der Waals surface area (Å²) in [6.07, 6.45) is 2.04. The summed E-state index contributed by atoms with van der Waals surface area (Å²) >= 11 is 1.74. The van der Waals surface area contributed by atoms with Crippen LogP contribution in [0.1, 0.15) is 21.8 Å². The first-order valence-electron chi connectivity index (χ1n) is 6.68. The minimum absolute atomic E-state index is 0.620. The molecule has 1 aromatic carbocycles. The number of hydrogen-bond donors (Lipinski definition) is 2. The highest BCUT2D eigenvalue weighted by molar-refractivity contribution is 7.09. The zero-order chi connectivity index (χ0) is 13.5. The Kier molecular flexibility index (Phi) is 5.51. The molecule has 0 bridgehead atoms. The van der Waals surface area contributed by atoms with Crippen LogP contribution < -0.4 is 11.1 Å². The number of aromatic nitrogens is 1. The van der Waals surface area contributed by atoms with Gasteiger partial charge in [-0.05, 0) is 31.0 Å². The van der Waals surface area contributed by atoms with Crippen molar-refractivity contribution in [3.63, 3.8) is 0 Å². The Morgan fingerprint density at radius 2 is 1.89 bits per heavy atom. The maximum atomic E-state index is 5.73. The van der Waals surface area contributed by atoms with Gasteiger partial charge in [0.05, 0.1) is 5.01 Å². The molecule has 19 heavy (non-hydrogen) atoms. The molecule has 3 nitrogen and oxygen atoms in total. The third-order valence-corrected chi connectivity index (χ3v) is 4.12. The van der Waals surface area contributed by atoms with Crippen molar-refractivity contribution >= 4 is 11.3 Å². The number of benzene rings is 1. The molecule has 4 heteroatoms. The zero-order valence-corrected chi connectivity index (χ0v) is 12.2. The molecule has 3 N–H and O–H groups in total. The number of thiazole rings is 1. The molecule has 2 aromatic rings. The van der Waals surface area contributed by atoms with Crippen LogP contribution in [0.5, 0.6) is 0 Å². The van der Waals surface area contributed by atoms with Crippen LogP contribution in [0.3, 0.4) is 0 Å². The minimum Gasteiger partial charge on any atom is -0.326 e. The van der Waals surface area contributed by atoms with E-state index in [1.807, 2.05) is 13.0 Å². The lowest BCUT2D eigenvalue weighted by molar-refractivity contribution is 0.677. The molecule has 0 atom stereocenters. The van der Waals surface area contributed by atoms with Gasteiger partial charge in [-0.15, -0.1) is 11.3 Å². The summed E-state index contributed by atoms with van der Waals surface area (Å²) in [5.74, 6) is 0. The molecule has 0 radical (unpaired) electrons. The summed E-state index contributed by atoms with van der Waals surface area (Å²) < 4.78 is 0. The fourth-order valence-corrected chi connectivity index (χ4v) is 2.84. The molecule has 0 aliphatic rings. The highest BCUT2D eigenvalue weighted by Gasteiger charge is 2.00. The van der Waals surface area contributed by atoms with E-state index >= 15 is 0 Å². The van der Waals surface area contributed by atoms with Gasteiger partial charge >= 0.3 is 0 Å². The molecular weight excluding hydrogens is 254 g/mol. The Morgan fingerprint density at radius 1 is 1.16 bits per heavy atom. The van der Waals surface area contributed by atoms with E-state index in [0.717, 1.165) is 31.6 Å². The van der Waals surface area contributed by atoms with Crippen molar-refractivity contribution in [2.24, 2.45) is 5.73 Å². The summed E-state index contributed by atoms with van der Waals surface area (Å²) in [6.45, 7) is 4.63. The van der Waals surface area contributed by atoms with Crippen LogP contribution in [0.15, 0.2) is 29.6 Å². The average molecular weight is 275 g/mol. The number of aryl methyl sites for hydroxylation is 1. The van der Waals surface area contributed by atoms with Crippen molar-refractivity contribution < 1.29 is 0 Å². The third-order valence-electron chi connectivity index (χ3n) is 3.09. The monoisotopic (exact) mass is 275 g/mol. The van der Waals surface area contributed by atoms with Crippen molar-refractivity contribution in [2.45, 2.75) is 26.3 Å². The summed E-state index contributed by atoms with van der Waals surface area (Å²) in [5, 5.41) is 6.79. The quantitative estimate of drug-likeness (QED) is 0.762. The topological polar surface area (TPSA) is 50.9 Å². The van der Waals surface area contributed by atoms with E-state index in [-0.39, 0.29) is 0 Å². The maximum Gasteiger partial charge on any atom is 0.0940 e. The largest absolute Gasteiger partial charge is 0.326 e. The molecular formula is C15H21N3S. The highest BCUT2D eigenvalue weighted by atomic mass is 32.1.